The van der Waals surface area contributed by atoms with Crippen LogP contribution in [0.2, 0.25) is 0 Å². The van der Waals surface area contributed by atoms with Gasteiger partial charge < -0.3 is 9.73 Å². The number of benzene rings is 1. The molecular formula is C20H29N3O4S. The van der Waals surface area contributed by atoms with Crippen LogP contribution in [-0.4, -0.2) is 63.7 Å². The largest absolute Gasteiger partial charge is 0.468 e. The number of furan rings is 1. The third-order valence-electron chi connectivity index (χ3n) is 4.64. The van der Waals surface area contributed by atoms with Crippen molar-refractivity contribution in [2.24, 2.45) is 0 Å². The second-order valence-corrected chi connectivity index (χ2v) is 8.60. The lowest BCUT2D eigenvalue weighted by Gasteiger charge is -2.22. The highest BCUT2D eigenvalue weighted by atomic mass is 32.2. The predicted molar refractivity (Wildman–Crippen MR) is 109 cm³/mol. The molecule has 0 bridgehead atoms. The van der Waals surface area contributed by atoms with Gasteiger partial charge in [0.15, 0.2) is 5.78 Å². The number of rotatable bonds is 11. The van der Waals surface area contributed by atoms with Crippen LogP contribution >= 0.6 is 0 Å². The van der Waals surface area contributed by atoms with Crippen molar-refractivity contribution in [3.63, 3.8) is 0 Å². The molecule has 0 fully saturated rings. The lowest BCUT2D eigenvalue weighted by Crippen LogP contribution is -2.33. The van der Waals surface area contributed by atoms with Crippen molar-refractivity contribution in [1.82, 2.24) is 14.5 Å². The van der Waals surface area contributed by atoms with E-state index in [9.17, 15) is 13.2 Å². The van der Waals surface area contributed by atoms with Crippen LogP contribution in [0.25, 0.3) is 0 Å². The number of Topliss-reactive ketones (excluding diaryl/α,β-unsaturated/α-hetero) is 1. The summed E-state index contributed by atoms with van der Waals surface area (Å²) in [5.74, 6) is 0.736. The Morgan fingerprint density at radius 1 is 1.11 bits per heavy atom. The van der Waals surface area contributed by atoms with Crippen molar-refractivity contribution in [3.05, 3.63) is 54.0 Å². The van der Waals surface area contributed by atoms with E-state index in [1.54, 1.807) is 32.2 Å². The van der Waals surface area contributed by atoms with E-state index in [0.717, 1.165) is 5.76 Å². The molecule has 1 aromatic heterocycles. The van der Waals surface area contributed by atoms with Crippen LogP contribution in [0, 0.1) is 0 Å². The summed E-state index contributed by atoms with van der Waals surface area (Å²) in [4.78, 5) is 14.6. The summed E-state index contributed by atoms with van der Waals surface area (Å²) in [5.41, 5.74) is 0.477. The summed E-state index contributed by atoms with van der Waals surface area (Å²) in [7, 11) is 0.384. The van der Waals surface area contributed by atoms with Crippen LogP contribution in [0.15, 0.2) is 52.0 Å². The fourth-order valence-corrected chi connectivity index (χ4v) is 4.43. The molecule has 1 heterocycles. The quantitative estimate of drug-likeness (QED) is 0.576. The summed E-state index contributed by atoms with van der Waals surface area (Å²) >= 11 is 0. The van der Waals surface area contributed by atoms with E-state index in [1.165, 1.54) is 16.4 Å². The Balaban J connectivity index is 1.98. The molecule has 1 unspecified atom stereocenters. The zero-order valence-corrected chi connectivity index (χ0v) is 17.7. The van der Waals surface area contributed by atoms with Gasteiger partial charge in [-0.1, -0.05) is 26.0 Å². The summed E-state index contributed by atoms with van der Waals surface area (Å²) in [5, 5.41) is 3.16. The molecule has 0 saturated heterocycles. The first-order valence-corrected chi connectivity index (χ1v) is 10.8. The zero-order valence-electron chi connectivity index (χ0n) is 16.9. The van der Waals surface area contributed by atoms with Crippen LogP contribution in [-0.2, 0) is 10.0 Å². The average Bonchev–Trinajstić information content (AvgIpc) is 3.20. The van der Waals surface area contributed by atoms with Crippen LogP contribution in [0.3, 0.4) is 0 Å². The molecule has 154 valence electrons. The molecule has 2 aromatic rings. The third kappa shape index (κ3) is 5.29. The molecule has 7 nitrogen and oxygen atoms in total. The number of carbonyl (C=O) groups is 1. The second-order valence-electron chi connectivity index (χ2n) is 6.66. The molecule has 0 saturated carbocycles. The molecular weight excluding hydrogens is 378 g/mol. The fourth-order valence-electron chi connectivity index (χ4n) is 2.97. The van der Waals surface area contributed by atoms with E-state index in [0.29, 0.717) is 25.2 Å². The van der Waals surface area contributed by atoms with E-state index in [-0.39, 0.29) is 23.3 Å². The van der Waals surface area contributed by atoms with Gasteiger partial charge in [-0.15, -0.1) is 0 Å². The normalized spacial score (nSPS) is 13.2. The van der Waals surface area contributed by atoms with Crippen molar-refractivity contribution in [3.8, 4) is 0 Å². The minimum absolute atomic E-state index is 0.0180. The Morgan fingerprint density at radius 2 is 1.75 bits per heavy atom. The van der Waals surface area contributed by atoms with Gasteiger partial charge in [0.25, 0.3) is 0 Å². The van der Waals surface area contributed by atoms with Gasteiger partial charge in [0.05, 0.1) is 23.7 Å². The van der Waals surface area contributed by atoms with Crippen molar-refractivity contribution >= 4 is 15.8 Å². The van der Waals surface area contributed by atoms with Gasteiger partial charge in [0.2, 0.25) is 10.0 Å². The number of nitrogens with one attached hydrogen (secondary N) is 1. The zero-order chi connectivity index (χ0) is 20.7. The fraction of sp³-hybridized carbons (Fsp3) is 0.450. The van der Waals surface area contributed by atoms with E-state index in [4.69, 9.17) is 4.42 Å². The Labute approximate surface area is 167 Å². The molecule has 2 rings (SSSR count). The number of hydrogen-bond donors (Lipinski definition) is 1. The van der Waals surface area contributed by atoms with Crippen LogP contribution in [0.4, 0.5) is 0 Å². The van der Waals surface area contributed by atoms with Crippen molar-refractivity contribution in [2.45, 2.75) is 24.8 Å². The summed E-state index contributed by atoms with van der Waals surface area (Å²) in [6.07, 6.45) is 1.63. The number of nitrogens with zero attached hydrogens (tertiary/aromatic N) is 2. The molecule has 8 heteroatoms. The van der Waals surface area contributed by atoms with Gasteiger partial charge in [0, 0.05) is 25.2 Å². The maximum atomic E-state index is 12.5. The van der Waals surface area contributed by atoms with Crippen molar-refractivity contribution < 1.29 is 17.6 Å². The molecule has 0 aliphatic rings. The average molecular weight is 408 g/mol. The second kappa shape index (κ2) is 9.97. The minimum Gasteiger partial charge on any atom is -0.468 e. The Morgan fingerprint density at radius 3 is 2.25 bits per heavy atom. The first kappa shape index (κ1) is 22.3. The number of likely N-dealkylation sites (N-methyl/N-ethyl adjacent to an activating group) is 1. The molecule has 28 heavy (non-hydrogen) atoms. The van der Waals surface area contributed by atoms with Gasteiger partial charge in [-0.3, -0.25) is 9.69 Å². The maximum absolute atomic E-state index is 12.5. The number of carbonyl (C=O) groups excluding carboxylic acids is 1. The van der Waals surface area contributed by atoms with Crippen LogP contribution < -0.4 is 5.32 Å². The smallest absolute Gasteiger partial charge is 0.243 e. The first-order chi connectivity index (χ1) is 13.3. The van der Waals surface area contributed by atoms with E-state index in [1.807, 2.05) is 31.1 Å². The molecule has 0 aliphatic heterocycles. The highest BCUT2D eigenvalue weighted by molar-refractivity contribution is 7.89. The number of sulfonamides is 1. The van der Waals surface area contributed by atoms with Gasteiger partial charge in [0.1, 0.15) is 5.76 Å². The van der Waals surface area contributed by atoms with Gasteiger partial charge in [-0.25, -0.2) is 8.42 Å². The van der Waals surface area contributed by atoms with Crippen molar-refractivity contribution in [2.75, 3.05) is 40.3 Å². The maximum Gasteiger partial charge on any atom is 0.243 e. The highest BCUT2D eigenvalue weighted by Crippen LogP contribution is 2.18. The summed E-state index contributed by atoms with van der Waals surface area (Å²) < 4.78 is 31.9. The van der Waals surface area contributed by atoms with Crippen LogP contribution in [0.5, 0.6) is 0 Å². The number of hydrogen-bond acceptors (Lipinski definition) is 6. The molecule has 0 amide bonds. The van der Waals surface area contributed by atoms with E-state index < -0.39 is 10.0 Å². The molecule has 1 N–H and O–H groups in total. The number of ketones is 1. The lowest BCUT2D eigenvalue weighted by atomic mass is 10.1. The van der Waals surface area contributed by atoms with Gasteiger partial charge in [-0.05, 0) is 38.4 Å². The van der Waals surface area contributed by atoms with Gasteiger partial charge >= 0.3 is 0 Å². The van der Waals surface area contributed by atoms with Crippen molar-refractivity contribution in [1.29, 1.82) is 0 Å². The summed E-state index contributed by atoms with van der Waals surface area (Å²) in [6, 6.07) is 9.88. The molecule has 0 radical (unpaired) electrons. The van der Waals surface area contributed by atoms with E-state index in [2.05, 4.69) is 5.32 Å². The Hall–Kier alpha value is -2.00. The SMILES string of the molecule is CCN(CC)S(=O)(=O)c1ccc(C(=O)CNCC(c2ccco2)N(C)C)cc1. The molecule has 0 spiro atoms. The monoisotopic (exact) mass is 407 g/mol. The highest BCUT2D eigenvalue weighted by Gasteiger charge is 2.22. The van der Waals surface area contributed by atoms with E-state index >= 15 is 0 Å². The standard InChI is InChI=1S/C20H29N3O4S/c1-5-23(6-2)28(25,26)17-11-9-16(10-12-17)19(24)15-21-14-18(22(3)4)20-8-7-13-27-20/h7-13,18,21H,5-6,14-15H2,1-4H3. The van der Waals surface area contributed by atoms with Crippen LogP contribution in [0.1, 0.15) is 36.0 Å². The lowest BCUT2D eigenvalue weighted by molar-refractivity contribution is 0.0987. The molecule has 1 atom stereocenters. The molecule has 1 aromatic carbocycles. The molecule has 0 aliphatic carbocycles. The Kier molecular flexibility index (Phi) is 7.94. The van der Waals surface area contributed by atoms with Gasteiger partial charge in [-0.2, -0.15) is 4.31 Å². The topological polar surface area (TPSA) is 82.9 Å². The predicted octanol–water partition coefficient (Wildman–Crippen LogP) is 2.39. The first-order valence-electron chi connectivity index (χ1n) is 9.35. The third-order valence-corrected chi connectivity index (χ3v) is 6.70. The minimum atomic E-state index is -3.52. The summed E-state index contributed by atoms with van der Waals surface area (Å²) in [6.45, 7) is 5.13. The Bertz CT molecular complexity index is 842.